The van der Waals surface area contributed by atoms with Crippen molar-refractivity contribution in [2.24, 2.45) is 0 Å². The predicted octanol–water partition coefficient (Wildman–Crippen LogP) is 3.46. The van der Waals surface area contributed by atoms with Crippen molar-refractivity contribution in [2.75, 3.05) is 18.1 Å². The van der Waals surface area contributed by atoms with E-state index in [4.69, 9.17) is 21.6 Å². The second kappa shape index (κ2) is 8.97. The monoisotopic (exact) mass is 371 g/mol. The Morgan fingerprint density at radius 3 is 2.50 bits per heavy atom. The van der Waals surface area contributed by atoms with Crippen LogP contribution >= 0.6 is 11.6 Å². The third kappa shape index (κ3) is 5.30. The second-order valence-electron chi connectivity index (χ2n) is 5.75. The topological polar surface area (TPSA) is 83.3 Å². The Balaban J connectivity index is 2.10. The molecule has 0 N–H and O–H groups in total. The number of nitriles is 1. The highest BCUT2D eigenvalue weighted by Crippen LogP contribution is 2.19. The Hall–Kier alpha value is -2.91. The van der Waals surface area contributed by atoms with Crippen molar-refractivity contribution in [3.05, 3.63) is 58.4 Å². The zero-order valence-corrected chi connectivity index (χ0v) is 15.3. The summed E-state index contributed by atoms with van der Waals surface area (Å²) in [4.78, 5) is 29.8. The number of rotatable bonds is 6. The molecule has 0 saturated heterocycles. The van der Waals surface area contributed by atoms with E-state index < -0.39 is 18.5 Å². The van der Waals surface area contributed by atoms with Gasteiger partial charge in [-0.1, -0.05) is 17.7 Å². The van der Waals surface area contributed by atoms with E-state index in [2.05, 4.69) is 4.98 Å². The van der Waals surface area contributed by atoms with Crippen LogP contribution in [0.1, 0.15) is 27.9 Å². The van der Waals surface area contributed by atoms with Gasteiger partial charge in [-0.3, -0.25) is 4.79 Å². The molecule has 0 radical (unpaired) electrons. The largest absolute Gasteiger partial charge is 0.452 e. The molecule has 2 rings (SSSR count). The molecule has 1 aromatic heterocycles. The van der Waals surface area contributed by atoms with Gasteiger partial charge < -0.3 is 9.64 Å². The molecular formula is C19H18ClN3O3. The van der Waals surface area contributed by atoms with Gasteiger partial charge in [0.1, 0.15) is 5.15 Å². The van der Waals surface area contributed by atoms with Crippen LogP contribution in [0, 0.1) is 25.2 Å². The molecule has 2 aromatic rings. The standard InChI is InChI=1S/C19H18ClN3O3/c1-13-8-14(2)10-16(9-13)23(7-3-6-21)18(24)12-26-19(25)15-4-5-17(20)22-11-15/h4-5,8-11H,3,7,12H2,1-2H3. The highest BCUT2D eigenvalue weighted by atomic mass is 35.5. The van der Waals surface area contributed by atoms with Crippen LogP contribution in [0.2, 0.25) is 5.15 Å². The molecule has 1 aromatic carbocycles. The van der Waals surface area contributed by atoms with Crippen LogP contribution in [-0.2, 0) is 9.53 Å². The first kappa shape index (κ1) is 19.4. The summed E-state index contributed by atoms with van der Waals surface area (Å²) in [5.41, 5.74) is 2.88. The van der Waals surface area contributed by atoms with Crippen LogP contribution in [0.3, 0.4) is 0 Å². The molecule has 0 atom stereocenters. The number of hydrogen-bond donors (Lipinski definition) is 0. The van der Waals surface area contributed by atoms with Gasteiger partial charge in [0.2, 0.25) is 0 Å². The first-order valence-electron chi connectivity index (χ1n) is 7.95. The van der Waals surface area contributed by atoms with E-state index >= 15 is 0 Å². The molecule has 26 heavy (non-hydrogen) atoms. The zero-order valence-electron chi connectivity index (χ0n) is 14.5. The molecule has 1 heterocycles. The summed E-state index contributed by atoms with van der Waals surface area (Å²) >= 11 is 5.68. The number of nitrogens with zero attached hydrogens (tertiary/aromatic N) is 3. The third-order valence-electron chi connectivity index (χ3n) is 3.56. The van der Waals surface area contributed by atoms with Gasteiger partial charge in [0.15, 0.2) is 6.61 Å². The first-order chi connectivity index (χ1) is 12.4. The molecule has 7 heteroatoms. The molecule has 0 aliphatic heterocycles. The second-order valence-corrected chi connectivity index (χ2v) is 6.13. The van der Waals surface area contributed by atoms with E-state index in [0.29, 0.717) is 5.69 Å². The highest BCUT2D eigenvalue weighted by Gasteiger charge is 2.19. The van der Waals surface area contributed by atoms with Crippen molar-refractivity contribution in [3.63, 3.8) is 0 Å². The maximum absolute atomic E-state index is 12.6. The molecule has 0 bridgehead atoms. The summed E-state index contributed by atoms with van der Waals surface area (Å²) in [6.45, 7) is 3.65. The molecular weight excluding hydrogens is 354 g/mol. The van der Waals surface area contributed by atoms with Gasteiger partial charge >= 0.3 is 5.97 Å². The lowest BCUT2D eigenvalue weighted by atomic mass is 10.1. The summed E-state index contributed by atoms with van der Waals surface area (Å²) < 4.78 is 5.08. The maximum Gasteiger partial charge on any atom is 0.340 e. The van der Waals surface area contributed by atoms with Gasteiger partial charge in [0.05, 0.1) is 18.1 Å². The van der Waals surface area contributed by atoms with Crippen molar-refractivity contribution in [1.82, 2.24) is 4.98 Å². The minimum absolute atomic E-state index is 0.174. The number of ether oxygens (including phenoxy) is 1. The molecule has 1 amide bonds. The number of esters is 1. The van der Waals surface area contributed by atoms with Gasteiger partial charge in [-0.2, -0.15) is 5.26 Å². The van der Waals surface area contributed by atoms with Gasteiger partial charge in [-0.15, -0.1) is 0 Å². The number of anilines is 1. The normalized spacial score (nSPS) is 10.1. The average Bonchev–Trinajstić information content (AvgIpc) is 2.59. The number of aromatic nitrogens is 1. The molecule has 0 aliphatic carbocycles. The van der Waals surface area contributed by atoms with Crippen LogP contribution in [0.4, 0.5) is 5.69 Å². The fraction of sp³-hybridized carbons (Fsp3) is 0.263. The van der Waals surface area contributed by atoms with Gasteiger partial charge in [0, 0.05) is 18.4 Å². The molecule has 0 aliphatic rings. The third-order valence-corrected chi connectivity index (χ3v) is 3.78. The Bertz CT molecular complexity index is 824. The van der Waals surface area contributed by atoms with E-state index in [0.717, 1.165) is 11.1 Å². The SMILES string of the molecule is Cc1cc(C)cc(N(CCC#N)C(=O)COC(=O)c2ccc(Cl)nc2)c1. The number of halogens is 1. The Morgan fingerprint density at radius 1 is 1.23 bits per heavy atom. The molecule has 0 fully saturated rings. The summed E-state index contributed by atoms with van der Waals surface area (Å²) in [6, 6.07) is 10.7. The number of pyridine rings is 1. The molecule has 0 unspecified atom stereocenters. The van der Waals surface area contributed by atoms with Gasteiger partial charge in [0.25, 0.3) is 5.91 Å². The quantitative estimate of drug-likeness (QED) is 0.573. The molecule has 0 spiro atoms. The van der Waals surface area contributed by atoms with E-state index in [1.54, 1.807) is 0 Å². The molecule has 6 nitrogen and oxygen atoms in total. The lowest BCUT2D eigenvalue weighted by molar-refractivity contribution is -0.121. The Morgan fingerprint density at radius 2 is 1.92 bits per heavy atom. The van der Waals surface area contributed by atoms with Crippen LogP contribution < -0.4 is 4.90 Å². The minimum atomic E-state index is -0.664. The highest BCUT2D eigenvalue weighted by molar-refractivity contribution is 6.29. The van der Waals surface area contributed by atoms with Crippen LogP contribution in [0.5, 0.6) is 0 Å². The predicted molar refractivity (Wildman–Crippen MR) is 98.0 cm³/mol. The fourth-order valence-electron chi connectivity index (χ4n) is 2.45. The lowest BCUT2D eigenvalue weighted by Crippen LogP contribution is -2.35. The van der Waals surface area contributed by atoms with Gasteiger partial charge in [-0.05, 0) is 49.2 Å². The van der Waals surface area contributed by atoms with Crippen molar-refractivity contribution in [2.45, 2.75) is 20.3 Å². The summed E-state index contributed by atoms with van der Waals surface area (Å²) in [5, 5.41) is 9.11. The number of aryl methyl sites for hydroxylation is 2. The number of benzene rings is 1. The zero-order chi connectivity index (χ0) is 19.1. The minimum Gasteiger partial charge on any atom is -0.452 e. The van der Waals surface area contributed by atoms with E-state index in [-0.39, 0.29) is 23.7 Å². The van der Waals surface area contributed by atoms with Crippen LogP contribution in [0.15, 0.2) is 36.5 Å². The number of carbonyl (C=O) groups excluding carboxylic acids is 2. The smallest absolute Gasteiger partial charge is 0.340 e. The maximum atomic E-state index is 12.6. The summed E-state index contributed by atoms with van der Waals surface area (Å²) in [6.07, 6.45) is 1.46. The molecule has 134 valence electrons. The molecule has 0 saturated carbocycles. The average molecular weight is 372 g/mol. The Labute approximate surface area is 157 Å². The van der Waals surface area contributed by atoms with E-state index in [1.165, 1.54) is 23.2 Å². The lowest BCUT2D eigenvalue weighted by Gasteiger charge is -2.22. The summed E-state index contributed by atoms with van der Waals surface area (Å²) in [7, 11) is 0. The number of hydrogen-bond acceptors (Lipinski definition) is 5. The first-order valence-corrected chi connectivity index (χ1v) is 8.33. The van der Waals surface area contributed by atoms with Crippen LogP contribution in [0.25, 0.3) is 0 Å². The van der Waals surface area contributed by atoms with Crippen molar-refractivity contribution < 1.29 is 14.3 Å². The Kier molecular flexibility index (Phi) is 6.70. The number of carbonyl (C=O) groups is 2. The van der Waals surface area contributed by atoms with Gasteiger partial charge in [-0.25, -0.2) is 9.78 Å². The summed E-state index contributed by atoms with van der Waals surface area (Å²) in [5.74, 6) is -1.07. The fourth-order valence-corrected chi connectivity index (χ4v) is 2.56. The number of amides is 1. The van der Waals surface area contributed by atoms with E-state index in [1.807, 2.05) is 38.1 Å². The van der Waals surface area contributed by atoms with E-state index in [9.17, 15) is 9.59 Å². The van der Waals surface area contributed by atoms with Crippen molar-refractivity contribution >= 4 is 29.2 Å². The van der Waals surface area contributed by atoms with Crippen LogP contribution in [-0.4, -0.2) is 30.0 Å². The van der Waals surface area contributed by atoms with Crippen molar-refractivity contribution in [1.29, 1.82) is 5.26 Å². The van der Waals surface area contributed by atoms with Crippen molar-refractivity contribution in [3.8, 4) is 6.07 Å².